The highest BCUT2D eigenvalue weighted by Gasteiger charge is 2.28. The van der Waals surface area contributed by atoms with Gasteiger partial charge in [0.2, 0.25) is 5.91 Å². The standard InChI is InChI=1S/C10H7BrF2N2O2/c11-6-1-2-7(12)5(9(6)13)3-15-4-8(16)14-10(15)17/h1-2H,3-4H2,(H,14,16,17). The lowest BCUT2D eigenvalue weighted by Gasteiger charge is -2.14. The molecule has 0 aromatic heterocycles. The summed E-state index contributed by atoms with van der Waals surface area (Å²) in [6, 6.07) is 1.69. The Kier molecular flexibility index (Phi) is 3.10. The Labute approximate surface area is 104 Å². The summed E-state index contributed by atoms with van der Waals surface area (Å²) in [4.78, 5) is 23.2. The van der Waals surface area contributed by atoms with Gasteiger partial charge < -0.3 is 4.90 Å². The maximum absolute atomic E-state index is 13.6. The topological polar surface area (TPSA) is 49.4 Å². The van der Waals surface area contributed by atoms with Gasteiger partial charge in [-0.2, -0.15) is 0 Å². The van der Waals surface area contributed by atoms with Crippen molar-refractivity contribution in [3.63, 3.8) is 0 Å². The van der Waals surface area contributed by atoms with E-state index in [2.05, 4.69) is 15.9 Å². The predicted octanol–water partition coefficient (Wildman–Crippen LogP) is 1.78. The van der Waals surface area contributed by atoms with Gasteiger partial charge in [0.05, 0.1) is 11.0 Å². The molecule has 0 spiro atoms. The largest absolute Gasteiger partial charge is 0.324 e. The van der Waals surface area contributed by atoms with Gasteiger partial charge in [0, 0.05) is 5.56 Å². The highest BCUT2D eigenvalue weighted by molar-refractivity contribution is 9.10. The molecule has 0 atom stereocenters. The Morgan fingerprint density at radius 1 is 1.35 bits per heavy atom. The molecule has 1 aromatic carbocycles. The molecule has 2 rings (SSSR count). The van der Waals surface area contributed by atoms with Crippen LogP contribution in [0.1, 0.15) is 5.56 Å². The molecule has 0 bridgehead atoms. The number of halogens is 3. The maximum Gasteiger partial charge on any atom is 0.324 e. The summed E-state index contributed by atoms with van der Waals surface area (Å²) >= 11 is 2.93. The van der Waals surface area contributed by atoms with Crippen molar-refractivity contribution in [1.82, 2.24) is 10.2 Å². The summed E-state index contributed by atoms with van der Waals surface area (Å²) < 4.78 is 27.1. The van der Waals surface area contributed by atoms with Crippen molar-refractivity contribution in [3.8, 4) is 0 Å². The van der Waals surface area contributed by atoms with Gasteiger partial charge in [0.1, 0.15) is 18.2 Å². The van der Waals surface area contributed by atoms with E-state index < -0.39 is 23.6 Å². The maximum atomic E-state index is 13.6. The van der Waals surface area contributed by atoms with E-state index in [-0.39, 0.29) is 23.1 Å². The van der Waals surface area contributed by atoms with E-state index >= 15 is 0 Å². The highest BCUT2D eigenvalue weighted by Crippen LogP contribution is 2.23. The molecule has 17 heavy (non-hydrogen) atoms. The van der Waals surface area contributed by atoms with E-state index in [0.29, 0.717) is 0 Å². The summed E-state index contributed by atoms with van der Waals surface area (Å²) in [5, 5.41) is 2.03. The van der Waals surface area contributed by atoms with Gasteiger partial charge in [0.15, 0.2) is 0 Å². The number of hydrogen-bond donors (Lipinski definition) is 1. The number of amides is 3. The number of urea groups is 1. The van der Waals surface area contributed by atoms with Gasteiger partial charge in [-0.3, -0.25) is 10.1 Å². The summed E-state index contributed by atoms with van der Waals surface area (Å²) in [5.74, 6) is -2.00. The van der Waals surface area contributed by atoms with E-state index in [4.69, 9.17) is 0 Å². The number of nitrogens with zero attached hydrogens (tertiary/aromatic N) is 1. The Morgan fingerprint density at radius 2 is 2.06 bits per heavy atom. The molecule has 3 amide bonds. The van der Waals surface area contributed by atoms with E-state index in [1.54, 1.807) is 0 Å². The first-order valence-electron chi connectivity index (χ1n) is 4.70. The van der Waals surface area contributed by atoms with Crippen LogP contribution in [0.4, 0.5) is 13.6 Å². The molecule has 0 aliphatic carbocycles. The third kappa shape index (κ3) is 2.28. The van der Waals surface area contributed by atoms with E-state index in [9.17, 15) is 18.4 Å². The van der Waals surface area contributed by atoms with Gasteiger partial charge in [-0.05, 0) is 28.1 Å². The average Bonchev–Trinajstić information content (AvgIpc) is 2.58. The molecule has 1 aliphatic rings. The number of nitrogens with one attached hydrogen (secondary N) is 1. The van der Waals surface area contributed by atoms with Crippen molar-refractivity contribution in [3.05, 3.63) is 33.8 Å². The summed E-state index contributed by atoms with van der Waals surface area (Å²) in [6.45, 7) is -0.473. The molecule has 0 radical (unpaired) electrons. The number of benzene rings is 1. The first-order chi connectivity index (χ1) is 7.99. The smallest absolute Gasteiger partial charge is 0.311 e. The number of carbonyl (C=O) groups is 2. The van der Waals surface area contributed by atoms with Crippen molar-refractivity contribution in [2.75, 3.05) is 6.54 Å². The van der Waals surface area contributed by atoms with Gasteiger partial charge in [-0.25, -0.2) is 13.6 Å². The lowest BCUT2D eigenvalue weighted by atomic mass is 10.2. The van der Waals surface area contributed by atoms with Crippen LogP contribution in [-0.4, -0.2) is 23.4 Å². The molecular formula is C10H7BrF2N2O2. The average molecular weight is 305 g/mol. The Bertz CT molecular complexity index is 507. The molecule has 4 nitrogen and oxygen atoms in total. The van der Waals surface area contributed by atoms with Crippen LogP contribution in [0.2, 0.25) is 0 Å². The van der Waals surface area contributed by atoms with Crippen molar-refractivity contribution in [2.45, 2.75) is 6.54 Å². The fourth-order valence-electron chi connectivity index (χ4n) is 1.52. The molecule has 1 fully saturated rings. The predicted molar refractivity (Wildman–Crippen MR) is 58.0 cm³/mol. The second-order valence-electron chi connectivity index (χ2n) is 3.53. The molecule has 1 N–H and O–H groups in total. The van der Waals surface area contributed by atoms with Gasteiger partial charge in [-0.15, -0.1) is 0 Å². The fraction of sp³-hybridized carbons (Fsp3) is 0.200. The van der Waals surface area contributed by atoms with Crippen LogP contribution >= 0.6 is 15.9 Å². The molecule has 90 valence electrons. The SMILES string of the molecule is O=C1CN(Cc2c(F)ccc(Br)c2F)C(=O)N1. The van der Waals surface area contributed by atoms with Crippen LogP contribution in [0.5, 0.6) is 0 Å². The number of imide groups is 1. The molecule has 0 saturated carbocycles. The Hall–Kier alpha value is -1.50. The Morgan fingerprint density at radius 3 is 2.65 bits per heavy atom. The molecule has 0 unspecified atom stereocenters. The van der Waals surface area contributed by atoms with Gasteiger partial charge >= 0.3 is 6.03 Å². The Balaban J connectivity index is 2.27. The molecule has 1 aliphatic heterocycles. The number of hydrogen-bond acceptors (Lipinski definition) is 2. The molecule has 7 heteroatoms. The third-order valence-corrected chi connectivity index (χ3v) is 2.97. The lowest BCUT2D eigenvalue weighted by Crippen LogP contribution is -2.28. The zero-order valence-corrected chi connectivity index (χ0v) is 10.1. The minimum atomic E-state index is -0.767. The highest BCUT2D eigenvalue weighted by atomic mass is 79.9. The van der Waals surface area contributed by atoms with Crippen molar-refractivity contribution < 1.29 is 18.4 Å². The van der Waals surface area contributed by atoms with Crippen LogP contribution in [0.3, 0.4) is 0 Å². The normalized spacial score (nSPS) is 15.4. The molecule has 1 heterocycles. The second-order valence-corrected chi connectivity index (χ2v) is 4.39. The van der Waals surface area contributed by atoms with Crippen LogP contribution in [0, 0.1) is 11.6 Å². The van der Waals surface area contributed by atoms with Crippen LogP contribution in [0.25, 0.3) is 0 Å². The minimum absolute atomic E-state index is 0.111. The lowest BCUT2D eigenvalue weighted by molar-refractivity contribution is -0.118. The first kappa shape index (κ1) is 12.0. The molecule has 1 saturated heterocycles. The second kappa shape index (κ2) is 4.40. The van der Waals surface area contributed by atoms with Crippen LogP contribution in [-0.2, 0) is 11.3 Å². The number of carbonyl (C=O) groups excluding carboxylic acids is 2. The fourth-order valence-corrected chi connectivity index (χ4v) is 1.89. The van der Waals surface area contributed by atoms with E-state index in [1.807, 2.05) is 5.32 Å². The van der Waals surface area contributed by atoms with Crippen LogP contribution < -0.4 is 5.32 Å². The monoisotopic (exact) mass is 304 g/mol. The quantitative estimate of drug-likeness (QED) is 0.669. The summed E-state index contributed by atoms with van der Waals surface area (Å²) in [7, 11) is 0. The molecular weight excluding hydrogens is 298 g/mol. The van der Waals surface area contributed by atoms with Crippen molar-refractivity contribution in [2.24, 2.45) is 0 Å². The summed E-state index contributed by atoms with van der Waals surface area (Å²) in [6.07, 6.45) is 0. The van der Waals surface area contributed by atoms with Crippen molar-refractivity contribution in [1.29, 1.82) is 0 Å². The van der Waals surface area contributed by atoms with Gasteiger partial charge in [-0.1, -0.05) is 0 Å². The van der Waals surface area contributed by atoms with E-state index in [1.165, 1.54) is 6.07 Å². The molecule has 1 aromatic rings. The minimum Gasteiger partial charge on any atom is -0.311 e. The zero-order chi connectivity index (χ0) is 12.6. The zero-order valence-electron chi connectivity index (χ0n) is 8.47. The van der Waals surface area contributed by atoms with E-state index in [0.717, 1.165) is 11.0 Å². The summed E-state index contributed by atoms with van der Waals surface area (Å²) in [5.41, 5.74) is -0.246. The van der Waals surface area contributed by atoms with Crippen LogP contribution in [0.15, 0.2) is 16.6 Å². The van der Waals surface area contributed by atoms with Gasteiger partial charge in [0.25, 0.3) is 0 Å². The number of rotatable bonds is 2. The first-order valence-corrected chi connectivity index (χ1v) is 5.49. The third-order valence-electron chi connectivity index (χ3n) is 2.36. The van der Waals surface area contributed by atoms with Crippen molar-refractivity contribution >= 4 is 27.9 Å².